The van der Waals surface area contributed by atoms with Crippen LogP contribution in [0.2, 0.25) is 0 Å². The molecule has 5 aromatic rings. The van der Waals surface area contributed by atoms with Crippen molar-refractivity contribution in [3.05, 3.63) is 161 Å². The Morgan fingerprint density at radius 1 is 0.608 bits per heavy atom. The SMILES string of the molecule is C1=Cc2c(c(-c3ccccc3)c3ccccc3c2C2=CCCC(C3=NC(c4ccc(N5c6ccccc6C6C=NC=CC65)cc4)=CCC3)=N2)CC1. The maximum atomic E-state index is 5.45. The molecule has 0 saturated heterocycles. The molecule has 0 aromatic heterocycles. The summed E-state index contributed by atoms with van der Waals surface area (Å²) in [7, 11) is 0. The van der Waals surface area contributed by atoms with Gasteiger partial charge in [-0.1, -0.05) is 109 Å². The van der Waals surface area contributed by atoms with Crippen molar-refractivity contribution < 1.29 is 0 Å². The van der Waals surface area contributed by atoms with Crippen LogP contribution in [-0.4, -0.2) is 23.7 Å². The first-order valence-corrected chi connectivity index (χ1v) is 18.4. The largest absolute Gasteiger partial charge is 0.333 e. The molecule has 2 atom stereocenters. The number of benzene rings is 5. The van der Waals surface area contributed by atoms with E-state index in [1.165, 1.54) is 55.5 Å². The molecule has 4 heteroatoms. The van der Waals surface area contributed by atoms with E-state index in [4.69, 9.17) is 9.98 Å². The number of fused-ring (bicyclic) bond motifs is 5. The van der Waals surface area contributed by atoms with Crippen molar-refractivity contribution >= 4 is 57.3 Å². The van der Waals surface area contributed by atoms with E-state index in [1.54, 1.807) is 0 Å². The Balaban J connectivity index is 0.989. The van der Waals surface area contributed by atoms with Gasteiger partial charge in [-0.2, -0.15) is 0 Å². The maximum Gasteiger partial charge on any atom is 0.0678 e. The number of anilines is 2. The van der Waals surface area contributed by atoms with E-state index < -0.39 is 0 Å². The Hall–Kier alpha value is -5.87. The van der Waals surface area contributed by atoms with Crippen LogP contribution in [0, 0.1) is 0 Å². The van der Waals surface area contributed by atoms with Gasteiger partial charge in [0.2, 0.25) is 0 Å². The van der Waals surface area contributed by atoms with Crippen molar-refractivity contribution in [1.29, 1.82) is 0 Å². The molecule has 0 bridgehead atoms. The second-order valence-corrected chi connectivity index (χ2v) is 14.0. The monoisotopic (exact) mass is 658 g/mol. The van der Waals surface area contributed by atoms with E-state index in [0.29, 0.717) is 0 Å². The van der Waals surface area contributed by atoms with Crippen molar-refractivity contribution in [2.45, 2.75) is 50.5 Å². The van der Waals surface area contributed by atoms with E-state index in [0.717, 1.165) is 66.9 Å². The third-order valence-corrected chi connectivity index (χ3v) is 11.1. The molecule has 4 nitrogen and oxygen atoms in total. The van der Waals surface area contributed by atoms with Crippen LogP contribution in [0.25, 0.3) is 39.4 Å². The number of nitrogens with zero attached hydrogens (tertiary/aromatic N) is 4. The number of rotatable bonds is 5. The number of hydrogen-bond donors (Lipinski definition) is 0. The fourth-order valence-electron chi connectivity index (χ4n) is 8.79. The lowest BCUT2D eigenvalue weighted by Crippen LogP contribution is -2.29. The molecule has 4 heterocycles. The lowest BCUT2D eigenvalue weighted by Gasteiger charge is -2.28. The van der Waals surface area contributed by atoms with Crippen LogP contribution in [0.4, 0.5) is 11.4 Å². The summed E-state index contributed by atoms with van der Waals surface area (Å²) >= 11 is 0. The van der Waals surface area contributed by atoms with Gasteiger partial charge in [0.15, 0.2) is 0 Å². The van der Waals surface area contributed by atoms with Crippen LogP contribution in [-0.2, 0) is 6.42 Å². The molecule has 4 aliphatic heterocycles. The highest BCUT2D eigenvalue weighted by atomic mass is 15.2. The Labute approximate surface area is 299 Å². The normalized spacial score (nSPS) is 20.3. The Morgan fingerprint density at radius 3 is 2.14 bits per heavy atom. The molecule has 0 N–H and O–H groups in total. The van der Waals surface area contributed by atoms with Crippen LogP contribution in [0.3, 0.4) is 0 Å². The molecule has 0 spiro atoms. The summed E-state index contributed by atoms with van der Waals surface area (Å²) in [6.07, 6.45) is 21.4. The lowest BCUT2D eigenvalue weighted by molar-refractivity contribution is 0.780. The molecule has 10 rings (SSSR count). The van der Waals surface area contributed by atoms with Crippen molar-refractivity contribution in [2.75, 3.05) is 4.90 Å². The quantitative estimate of drug-likeness (QED) is 0.185. The van der Waals surface area contributed by atoms with E-state index in [-0.39, 0.29) is 12.0 Å². The predicted octanol–water partition coefficient (Wildman–Crippen LogP) is 11.5. The fourth-order valence-corrected chi connectivity index (χ4v) is 8.79. The van der Waals surface area contributed by atoms with Crippen LogP contribution in [0.5, 0.6) is 0 Å². The summed E-state index contributed by atoms with van der Waals surface area (Å²) in [5.41, 5.74) is 16.0. The van der Waals surface area contributed by atoms with Gasteiger partial charge in [-0.15, -0.1) is 0 Å². The van der Waals surface area contributed by atoms with Crippen LogP contribution >= 0.6 is 0 Å². The molecule has 2 unspecified atom stereocenters. The zero-order valence-corrected chi connectivity index (χ0v) is 28.5. The molecular weight excluding hydrogens is 621 g/mol. The van der Waals surface area contributed by atoms with Gasteiger partial charge in [-0.25, -0.2) is 0 Å². The van der Waals surface area contributed by atoms with Crippen molar-refractivity contribution in [3.63, 3.8) is 0 Å². The number of hydrogen-bond acceptors (Lipinski definition) is 4. The minimum Gasteiger partial charge on any atom is -0.333 e. The van der Waals surface area contributed by atoms with Crippen LogP contribution < -0.4 is 4.90 Å². The van der Waals surface area contributed by atoms with Crippen LogP contribution in [0.15, 0.2) is 149 Å². The van der Waals surface area contributed by atoms with Gasteiger partial charge in [-0.3, -0.25) is 15.0 Å². The maximum absolute atomic E-state index is 5.45. The minimum absolute atomic E-state index is 0.239. The standard InChI is InChI=1S/C47H38N4/c1-2-12-32(13-3-1)46-35-15-4-6-17-37(35)47(38-18-7-5-16-36(38)46)43-22-11-21-42(50-43)41-20-10-19-40(49-41)31-24-26-33(27-25-31)51-44-23-9-8-14-34(44)39-30-48-29-28-45(39)51/h1-4,6-9,12-15,17-19,22-30,39,45H,5,10-11,16,20-21H2. The zero-order valence-electron chi connectivity index (χ0n) is 28.5. The van der Waals surface area contributed by atoms with Gasteiger partial charge in [0.05, 0.1) is 28.9 Å². The third-order valence-electron chi connectivity index (χ3n) is 11.1. The lowest BCUT2D eigenvalue weighted by atomic mass is 9.81. The molecule has 1 aliphatic carbocycles. The Bertz CT molecular complexity index is 2420. The molecular formula is C47H38N4. The molecule has 51 heavy (non-hydrogen) atoms. The summed E-state index contributed by atoms with van der Waals surface area (Å²) in [5, 5.41) is 2.58. The summed E-state index contributed by atoms with van der Waals surface area (Å²) in [6, 6.07) is 37.7. The number of aliphatic imine (C=N–C) groups is 3. The molecule has 5 aliphatic rings. The van der Waals surface area contributed by atoms with E-state index in [9.17, 15) is 0 Å². The highest BCUT2D eigenvalue weighted by Crippen LogP contribution is 2.47. The molecule has 0 radical (unpaired) electrons. The Kier molecular flexibility index (Phi) is 7.34. The summed E-state index contributed by atoms with van der Waals surface area (Å²) in [5.74, 6) is 0.274. The molecule has 246 valence electrons. The molecule has 0 fully saturated rings. The van der Waals surface area contributed by atoms with Gasteiger partial charge in [0, 0.05) is 35.3 Å². The van der Waals surface area contributed by atoms with Crippen molar-refractivity contribution in [3.8, 4) is 11.1 Å². The van der Waals surface area contributed by atoms with Gasteiger partial charge < -0.3 is 4.90 Å². The van der Waals surface area contributed by atoms with E-state index >= 15 is 0 Å². The summed E-state index contributed by atoms with van der Waals surface area (Å²) in [4.78, 5) is 17.7. The highest BCUT2D eigenvalue weighted by molar-refractivity contribution is 6.44. The first-order valence-electron chi connectivity index (χ1n) is 18.4. The smallest absolute Gasteiger partial charge is 0.0678 e. The predicted molar refractivity (Wildman–Crippen MR) is 215 cm³/mol. The number of allylic oxidation sites excluding steroid dienone is 3. The van der Waals surface area contributed by atoms with Crippen molar-refractivity contribution in [1.82, 2.24) is 0 Å². The van der Waals surface area contributed by atoms with Crippen LogP contribution in [0.1, 0.15) is 65.8 Å². The molecule has 5 aromatic carbocycles. The average Bonchev–Trinajstić information content (AvgIpc) is 3.55. The summed E-state index contributed by atoms with van der Waals surface area (Å²) in [6.45, 7) is 0. The molecule has 0 saturated carbocycles. The van der Waals surface area contributed by atoms with E-state index in [1.807, 2.05) is 6.20 Å². The topological polar surface area (TPSA) is 40.3 Å². The summed E-state index contributed by atoms with van der Waals surface area (Å²) < 4.78 is 0. The van der Waals surface area contributed by atoms with Crippen molar-refractivity contribution in [2.24, 2.45) is 15.0 Å². The fraction of sp³-hybridized carbons (Fsp3) is 0.170. The third kappa shape index (κ3) is 5.08. The van der Waals surface area contributed by atoms with Gasteiger partial charge in [-0.05, 0) is 107 Å². The Morgan fingerprint density at radius 2 is 1.31 bits per heavy atom. The average molecular weight is 659 g/mol. The molecule has 0 amide bonds. The minimum atomic E-state index is 0.239. The second kappa shape index (κ2) is 12.5. The zero-order chi connectivity index (χ0) is 33.7. The highest BCUT2D eigenvalue weighted by Gasteiger charge is 2.37. The van der Waals surface area contributed by atoms with Gasteiger partial charge >= 0.3 is 0 Å². The van der Waals surface area contributed by atoms with E-state index in [2.05, 4.69) is 150 Å². The number of para-hydroxylation sites is 1. The second-order valence-electron chi connectivity index (χ2n) is 14.0. The van der Waals surface area contributed by atoms with Gasteiger partial charge in [0.1, 0.15) is 0 Å². The first kappa shape index (κ1) is 30.0. The first-order chi connectivity index (χ1) is 25.3. The van der Waals surface area contributed by atoms with Gasteiger partial charge in [0.25, 0.3) is 0 Å².